The first-order valence-electron chi connectivity index (χ1n) is 8.57. The molecule has 136 valence electrons. The van der Waals surface area contributed by atoms with Crippen LogP contribution in [0, 0.1) is 18.7 Å². The third kappa shape index (κ3) is 3.62. The van der Waals surface area contributed by atoms with Crippen LogP contribution in [0.15, 0.2) is 35.4 Å². The third-order valence-electron chi connectivity index (χ3n) is 4.73. The molecule has 0 bridgehead atoms. The van der Waals surface area contributed by atoms with Gasteiger partial charge < -0.3 is 4.57 Å². The number of sulfonamides is 1. The molecular weight excluding hydrogens is 341 g/mol. The molecule has 0 radical (unpaired) electrons. The number of aromatic nitrogens is 2. The third-order valence-corrected chi connectivity index (χ3v) is 6.59. The first-order valence-corrected chi connectivity index (χ1v) is 10.0. The van der Waals surface area contributed by atoms with E-state index in [2.05, 4.69) is 23.4 Å². The van der Waals surface area contributed by atoms with Gasteiger partial charge in [-0.2, -0.15) is 4.31 Å². The molecule has 7 heteroatoms. The zero-order chi connectivity index (χ0) is 18.2. The first-order chi connectivity index (χ1) is 11.8. The van der Waals surface area contributed by atoms with E-state index in [9.17, 15) is 12.8 Å². The van der Waals surface area contributed by atoms with Crippen molar-refractivity contribution in [3.8, 4) is 0 Å². The van der Waals surface area contributed by atoms with Crippen molar-refractivity contribution in [2.45, 2.75) is 44.6 Å². The Bertz CT molecular complexity index is 861. The summed E-state index contributed by atoms with van der Waals surface area (Å²) in [5.74, 6) is 0.691. The van der Waals surface area contributed by atoms with Crippen molar-refractivity contribution in [1.29, 1.82) is 0 Å². The van der Waals surface area contributed by atoms with Crippen LogP contribution in [0.5, 0.6) is 0 Å². The molecule has 1 saturated heterocycles. The Morgan fingerprint density at radius 2 is 2.12 bits per heavy atom. The van der Waals surface area contributed by atoms with Gasteiger partial charge in [-0.25, -0.2) is 17.8 Å². The van der Waals surface area contributed by atoms with E-state index in [4.69, 9.17) is 0 Å². The number of benzene rings is 1. The average molecular weight is 365 g/mol. The Balaban J connectivity index is 1.74. The molecule has 1 fully saturated rings. The predicted molar refractivity (Wildman–Crippen MR) is 94.3 cm³/mol. The second kappa shape index (κ2) is 6.88. The molecule has 1 atom stereocenters. The maximum atomic E-state index is 13.4. The highest BCUT2D eigenvalue weighted by Crippen LogP contribution is 2.27. The molecule has 0 saturated carbocycles. The van der Waals surface area contributed by atoms with Gasteiger partial charge in [0.25, 0.3) is 0 Å². The maximum Gasteiger partial charge on any atom is 0.243 e. The topological polar surface area (TPSA) is 55.2 Å². The lowest BCUT2D eigenvalue weighted by Crippen LogP contribution is -2.29. The van der Waals surface area contributed by atoms with E-state index in [1.165, 1.54) is 22.5 Å². The smallest absolute Gasteiger partial charge is 0.243 e. The van der Waals surface area contributed by atoms with Gasteiger partial charge in [0.2, 0.25) is 10.0 Å². The van der Waals surface area contributed by atoms with Gasteiger partial charge in [-0.15, -0.1) is 0 Å². The van der Waals surface area contributed by atoms with Crippen molar-refractivity contribution < 1.29 is 12.8 Å². The summed E-state index contributed by atoms with van der Waals surface area (Å²) >= 11 is 0. The summed E-state index contributed by atoms with van der Waals surface area (Å²) < 4.78 is 42.4. The molecule has 1 aromatic carbocycles. The summed E-state index contributed by atoms with van der Waals surface area (Å²) in [5, 5.41) is 0. The van der Waals surface area contributed by atoms with Gasteiger partial charge >= 0.3 is 0 Å². The molecule has 0 aliphatic carbocycles. The van der Waals surface area contributed by atoms with Crippen LogP contribution < -0.4 is 0 Å². The molecule has 0 spiro atoms. The number of imidazole rings is 1. The molecule has 25 heavy (non-hydrogen) atoms. The lowest BCUT2D eigenvalue weighted by molar-refractivity contribution is 0.445. The van der Waals surface area contributed by atoms with Crippen LogP contribution in [0.4, 0.5) is 4.39 Å². The van der Waals surface area contributed by atoms with Crippen LogP contribution in [0.3, 0.4) is 0 Å². The van der Waals surface area contributed by atoms with Crippen molar-refractivity contribution in [3.63, 3.8) is 0 Å². The van der Waals surface area contributed by atoms with E-state index in [-0.39, 0.29) is 10.8 Å². The SMILES string of the molecule is Cc1cnc(CC2CCN(S(=O)(=O)c3cccc(F)c3)C2)n1C(C)C. The lowest BCUT2D eigenvalue weighted by atomic mass is 10.0. The van der Waals surface area contributed by atoms with Crippen molar-refractivity contribution in [2.75, 3.05) is 13.1 Å². The minimum absolute atomic E-state index is 0.0210. The number of hydrogen-bond donors (Lipinski definition) is 0. The summed E-state index contributed by atoms with van der Waals surface area (Å²) in [6, 6.07) is 5.53. The second-order valence-electron chi connectivity index (χ2n) is 6.96. The zero-order valence-corrected chi connectivity index (χ0v) is 15.6. The quantitative estimate of drug-likeness (QED) is 0.818. The maximum absolute atomic E-state index is 13.4. The van der Waals surface area contributed by atoms with E-state index in [0.717, 1.165) is 30.4 Å². The van der Waals surface area contributed by atoms with Gasteiger partial charge in [0.05, 0.1) is 4.90 Å². The number of rotatable bonds is 5. The van der Waals surface area contributed by atoms with Crippen LogP contribution in [-0.4, -0.2) is 35.4 Å². The Labute approximate surface area is 148 Å². The molecule has 1 aliphatic heterocycles. The van der Waals surface area contributed by atoms with Gasteiger partial charge in [-0.1, -0.05) is 6.07 Å². The molecule has 1 aromatic heterocycles. The van der Waals surface area contributed by atoms with Crippen molar-refractivity contribution in [3.05, 3.63) is 47.8 Å². The fraction of sp³-hybridized carbons (Fsp3) is 0.500. The van der Waals surface area contributed by atoms with Gasteiger partial charge in [-0.05, 0) is 51.3 Å². The van der Waals surface area contributed by atoms with Crippen molar-refractivity contribution in [1.82, 2.24) is 13.9 Å². The van der Waals surface area contributed by atoms with Gasteiger partial charge in [-0.3, -0.25) is 0 Å². The predicted octanol–water partition coefficient (Wildman–Crippen LogP) is 3.16. The van der Waals surface area contributed by atoms with E-state index >= 15 is 0 Å². The molecule has 5 nitrogen and oxygen atoms in total. The standard InChI is InChI=1S/C18H24FN3O2S/c1-13(2)22-14(3)11-20-18(22)9-15-7-8-21(12-15)25(23,24)17-6-4-5-16(19)10-17/h4-6,10-11,13,15H,7-9,12H2,1-3H3. The normalized spacial score (nSPS) is 19.0. The van der Waals surface area contributed by atoms with Crippen molar-refractivity contribution in [2.24, 2.45) is 5.92 Å². The van der Waals surface area contributed by atoms with Gasteiger partial charge in [0.1, 0.15) is 11.6 Å². The molecule has 2 aromatic rings. The molecule has 0 N–H and O–H groups in total. The first kappa shape index (κ1) is 18.1. The largest absolute Gasteiger partial charge is 0.330 e. The molecular formula is C18H24FN3O2S. The second-order valence-corrected chi connectivity index (χ2v) is 8.90. The molecule has 1 unspecified atom stereocenters. The highest BCUT2D eigenvalue weighted by Gasteiger charge is 2.33. The van der Waals surface area contributed by atoms with Crippen molar-refractivity contribution >= 4 is 10.0 Å². The van der Waals surface area contributed by atoms with E-state index in [1.807, 2.05) is 13.1 Å². The van der Waals surface area contributed by atoms with Crippen LogP contribution in [0.2, 0.25) is 0 Å². The number of aryl methyl sites for hydroxylation is 1. The summed E-state index contributed by atoms with van der Waals surface area (Å²) in [4.78, 5) is 4.52. The Morgan fingerprint density at radius 3 is 2.80 bits per heavy atom. The molecule has 2 heterocycles. The molecule has 0 amide bonds. The van der Waals surface area contributed by atoms with Crippen LogP contribution in [0.25, 0.3) is 0 Å². The van der Waals surface area contributed by atoms with Gasteiger partial charge in [0.15, 0.2) is 0 Å². The van der Waals surface area contributed by atoms with Crippen LogP contribution >= 0.6 is 0 Å². The lowest BCUT2D eigenvalue weighted by Gasteiger charge is -2.18. The monoisotopic (exact) mass is 365 g/mol. The number of halogens is 1. The fourth-order valence-corrected chi connectivity index (χ4v) is 5.13. The van der Waals surface area contributed by atoms with E-state index in [1.54, 1.807) is 0 Å². The highest BCUT2D eigenvalue weighted by atomic mass is 32.2. The van der Waals surface area contributed by atoms with E-state index < -0.39 is 15.8 Å². The molecule has 3 rings (SSSR count). The zero-order valence-electron chi connectivity index (χ0n) is 14.8. The minimum atomic E-state index is -3.64. The average Bonchev–Trinajstić information content (AvgIpc) is 3.15. The summed E-state index contributed by atoms with van der Waals surface area (Å²) in [5.41, 5.74) is 1.12. The minimum Gasteiger partial charge on any atom is -0.330 e. The Kier molecular flexibility index (Phi) is 4.97. The van der Waals surface area contributed by atoms with Crippen LogP contribution in [0.1, 0.15) is 37.8 Å². The number of hydrogen-bond acceptors (Lipinski definition) is 3. The van der Waals surface area contributed by atoms with E-state index in [0.29, 0.717) is 19.1 Å². The summed E-state index contributed by atoms with van der Waals surface area (Å²) in [6.45, 7) is 7.18. The number of nitrogens with zero attached hydrogens (tertiary/aromatic N) is 3. The summed E-state index contributed by atoms with van der Waals surface area (Å²) in [6.07, 6.45) is 3.41. The highest BCUT2D eigenvalue weighted by molar-refractivity contribution is 7.89. The summed E-state index contributed by atoms with van der Waals surface area (Å²) in [7, 11) is -3.64. The molecule has 1 aliphatic rings. The Morgan fingerprint density at radius 1 is 1.36 bits per heavy atom. The van der Waals surface area contributed by atoms with Gasteiger partial charge in [0, 0.05) is 37.4 Å². The Hall–Kier alpha value is -1.73. The fourth-order valence-electron chi connectivity index (χ4n) is 3.57. The van der Waals surface area contributed by atoms with Crippen LogP contribution in [-0.2, 0) is 16.4 Å².